The molecule has 2 aromatic rings. The van der Waals surface area contributed by atoms with Crippen molar-refractivity contribution in [2.45, 2.75) is 51.9 Å². The van der Waals surface area contributed by atoms with Crippen molar-refractivity contribution in [3.05, 3.63) is 59.4 Å². The SMILES string of the molecule is CCCCCCCCc1ccc(NC(=O)c2ccccn2)cc1C#N. The third-order valence-electron chi connectivity index (χ3n) is 4.19. The van der Waals surface area contributed by atoms with Crippen molar-refractivity contribution in [2.24, 2.45) is 0 Å². The van der Waals surface area contributed by atoms with Crippen LogP contribution in [-0.4, -0.2) is 10.9 Å². The van der Waals surface area contributed by atoms with Gasteiger partial charge in [0.1, 0.15) is 5.69 Å². The first-order chi connectivity index (χ1) is 12.2. The van der Waals surface area contributed by atoms with Crippen LogP contribution < -0.4 is 5.32 Å². The second-order valence-corrected chi connectivity index (χ2v) is 6.17. The normalized spacial score (nSPS) is 10.2. The van der Waals surface area contributed by atoms with Crippen molar-refractivity contribution in [3.8, 4) is 6.07 Å². The summed E-state index contributed by atoms with van der Waals surface area (Å²) in [5.74, 6) is -0.270. The number of nitriles is 1. The highest BCUT2D eigenvalue weighted by Gasteiger charge is 2.09. The van der Waals surface area contributed by atoms with Crippen LogP contribution in [0.25, 0.3) is 0 Å². The zero-order valence-corrected chi connectivity index (χ0v) is 14.8. The number of amides is 1. The third-order valence-corrected chi connectivity index (χ3v) is 4.19. The van der Waals surface area contributed by atoms with Crippen molar-refractivity contribution < 1.29 is 4.79 Å². The van der Waals surface area contributed by atoms with Gasteiger partial charge in [-0.1, -0.05) is 51.2 Å². The zero-order valence-electron chi connectivity index (χ0n) is 14.8. The number of benzene rings is 1. The minimum Gasteiger partial charge on any atom is -0.321 e. The van der Waals surface area contributed by atoms with E-state index in [0.717, 1.165) is 18.4 Å². The number of hydrogen-bond donors (Lipinski definition) is 1. The van der Waals surface area contributed by atoms with Crippen molar-refractivity contribution in [1.82, 2.24) is 4.98 Å². The third kappa shape index (κ3) is 6.04. The molecule has 0 saturated carbocycles. The van der Waals surface area contributed by atoms with Gasteiger partial charge in [-0.05, 0) is 42.7 Å². The number of aryl methyl sites for hydroxylation is 1. The summed E-state index contributed by atoms with van der Waals surface area (Å²) in [4.78, 5) is 16.2. The van der Waals surface area contributed by atoms with Gasteiger partial charge in [0.15, 0.2) is 0 Å². The van der Waals surface area contributed by atoms with E-state index >= 15 is 0 Å². The second kappa shape index (κ2) is 10.2. The summed E-state index contributed by atoms with van der Waals surface area (Å²) < 4.78 is 0. The summed E-state index contributed by atoms with van der Waals surface area (Å²) in [5, 5.41) is 12.2. The molecule has 1 heterocycles. The molecule has 1 aromatic heterocycles. The molecule has 4 nitrogen and oxygen atoms in total. The van der Waals surface area contributed by atoms with Gasteiger partial charge in [-0.3, -0.25) is 9.78 Å². The Hall–Kier alpha value is -2.67. The van der Waals surface area contributed by atoms with Gasteiger partial charge in [-0.25, -0.2) is 0 Å². The predicted molar refractivity (Wildman–Crippen MR) is 100 cm³/mol. The molecule has 130 valence electrons. The molecule has 0 bridgehead atoms. The van der Waals surface area contributed by atoms with E-state index in [4.69, 9.17) is 0 Å². The Morgan fingerprint density at radius 3 is 2.64 bits per heavy atom. The lowest BCUT2D eigenvalue weighted by molar-refractivity contribution is 0.102. The second-order valence-electron chi connectivity index (χ2n) is 6.17. The standard InChI is InChI=1S/C21H25N3O/c1-2-3-4-5-6-7-10-17-12-13-19(15-18(17)16-22)24-21(25)20-11-8-9-14-23-20/h8-9,11-15H,2-7,10H2,1H3,(H,24,25). The highest BCUT2D eigenvalue weighted by molar-refractivity contribution is 6.02. The topological polar surface area (TPSA) is 65.8 Å². The molecular formula is C21H25N3O. The van der Waals surface area contributed by atoms with Gasteiger partial charge in [0.25, 0.3) is 5.91 Å². The summed E-state index contributed by atoms with van der Waals surface area (Å²) in [7, 11) is 0. The van der Waals surface area contributed by atoms with Crippen LogP contribution in [0.5, 0.6) is 0 Å². The molecule has 0 unspecified atom stereocenters. The summed E-state index contributed by atoms with van der Waals surface area (Å²) in [6.45, 7) is 2.22. The maximum atomic E-state index is 12.1. The molecule has 1 aromatic carbocycles. The number of rotatable bonds is 9. The van der Waals surface area contributed by atoms with Crippen LogP contribution in [0, 0.1) is 11.3 Å². The Morgan fingerprint density at radius 2 is 1.92 bits per heavy atom. The maximum absolute atomic E-state index is 12.1. The summed E-state index contributed by atoms with van der Waals surface area (Å²) in [5.41, 5.74) is 2.66. The van der Waals surface area contributed by atoms with Crippen LogP contribution in [0.1, 0.15) is 67.1 Å². The molecule has 0 spiro atoms. The number of aromatic nitrogens is 1. The molecule has 25 heavy (non-hydrogen) atoms. The Kier molecular flexibility index (Phi) is 7.65. The molecule has 0 aliphatic rings. The van der Waals surface area contributed by atoms with Gasteiger partial charge in [-0.2, -0.15) is 5.26 Å². The fourth-order valence-electron chi connectivity index (χ4n) is 2.76. The van der Waals surface area contributed by atoms with E-state index in [1.54, 1.807) is 30.5 Å². The smallest absolute Gasteiger partial charge is 0.274 e. The number of unbranched alkanes of at least 4 members (excludes halogenated alkanes) is 5. The number of nitrogens with one attached hydrogen (secondary N) is 1. The van der Waals surface area contributed by atoms with E-state index in [-0.39, 0.29) is 5.91 Å². The van der Waals surface area contributed by atoms with Crippen LogP contribution in [-0.2, 0) is 6.42 Å². The van der Waals surface area contributed by atoms with Gasteiger partial charge >= 0.3 is 0 Å². The predicted octanol–water partition coefficient (Wildman–Crippen LogP) is 5.11. The summed E-state index contributed by atoms with van der Waals surface area (Å²) >= 11 is 0. The van der Waals surface area contributed by atoms with Gasteiger partial charge in [0.05, 0.1) is 11.6 Å². The molecule has 0 aliphatic heterocycles. The first-order valence-corrected chi connectivity index (χ1v) is 9.00. The van der Waals surface area contributed by atoms with Crippen LogP contribution in [0.2, 0.25) is 0 Å². The molecule has 0 fully saturated rings. The van der Waals surface area contributed by atoms with Gasteiger partial charge in [-0.15, -0.1) is 0 Å². The van der Waals surface area contributed by atoms with Gasteiger partial charge in [0, 0.05) is 11.9 Å². The quantitative estimate of drug-likeness (QED) is 0.648. The number of carbonyl (C=O) groups excluding carboxylic acids is 1. The van der Waals surface area contributed by atoms with E-state index in [1.165, 1.54) is 32.1 Å². The number of pyridine rings is 1. The first kappa shape index (κ1) is 18.7. The van der Waals surface area contributed by atoms with Gasteiger partial charge in [0.2, 0.25) is 0 Å². The molecule has 1 amide bonds. The molecule has 0 radical (unpaired) electrons. The Labute approximate surface area is 149 Å². The van der Waals surface area contributed by atoms with E-state index < -0.39 is 0 Å². The lowest BCUT2D eigenvalue weighted by Gasteiger charge is -2.09. The Bertz CT molecular complexity index is 720. The maximum Gasteiger partial charge on any atom is 0.274 e. The number of anilines is 1. The number of carbonyl (C=O) groups is 1. The molecule has 1 N–H and O–H groups in total. The van der Waals surface area contributed by atoms with E-state index in [9.17, 15) is 10.1 Å². The van der Waals surface area contributed by atoms with Crippen molar-refractivity contribution in [3.63, 3.8) is 0 Å². The average Bonchev–Trinajstić information content (AvgIpc) is 2.66. The highest BCUT2D eigenvalue weighted by atomic mass is 16.1. The summed E-state index contributed by atoms with van der Waals surface area (Å²) in [6, 6.07) is 13.0. The van der Waals surface area contributed by atoms with Crippen LogP contribution in [0.15, 0.2) is 42.6 Å². The number of hydrogen-bond acceptors (Lipinski definition) is 3. The Balaban J connectivity index is 1.92. The molecular weight excluding hydrogens is 310 g/mol. The van der Waals surface area contributed by atoms with Gasteiger partial charge < -0.3 is 5.32 Å². The minimum absolute atomic E-state index is 0.270. The largest absolute Gasteiger partial charge is 0.321 e. The average molecular weight is 335 g/mol. The van der Waals surface area contributed by atoms with Crippen LogP contribution in [0.4, 0.5) is 5.69 Å². The monoisotopic (exact) mass is 335 g/mol. The molecule has 0 saturated heterocycles. The van der Waals surface area contributed by atoms with Crippen LogP contribution >= 0.6 is 0 Å². The van der Waals surface area contributed by atoms with Crippen molar-refractivity contribution in [2.75, 3.05) is 5.32 Å². The van der Waals surface area contributed by atoms with Crippen LogP contribution in [0.3, 0.4) is 0 Å². The highest BCUT2D eigenvalue weighted by Crippen LogP contribution is 2.19. The zero-order chi connectivity index (χ0) is 17.9. The fourth-order valence-corrected chi connectivity index (χ4v) is 2.76. The molecule has 2 rings (SSSR count). The van der Waals surface area contributed by atoms with Crippen molar-refractivity contribution >= 4 is 11.6 Å². The number of nitrogens with zero attached hydrogens (tertiary/aromatic N) is 2. The lowest BCUT2D eigenvalue weighted by atomic mass is 10.0. The lowest BCUT2D eigenvalue weighted by Crippen LogP contribution is -2.13. The van der Waals surface area contributed by atoms with E-state index in [0.29, 0.717) is 16.9 Å². The first-order valence-electron chi connectivity index (χ1n) is 9.00. The molecule has 4 heteroatoms. The fraction of sp³-hybridized carbons (Fsp3) is 0.381. The molecule has 0 aliphatic carbocycles. The minimum atomic E-state index is -0.270. The molecule has 0 atom stereocenters. The van der Waals surface area contributed by atoms with E-state index in [2.05, 4.69) is 23.3 Å². The van der Waals surface area contributed by atoms with Crippen molar-refractivity contribution in [1.29, 1.82) is 5.26 Å². The Morgan fingerprint density at radius 1 is 1.12 bits per heavy atom. The summed E-state index contributed by atoms with van der Waals surface area (Å²) in [6.07, 6.45) is 9.89. The van der Waals surface area contributed by atoms with E-state index in [1.807, 2.05) is 12.1 Å².